The molecule has 2 aromatic rings. The van der Waals surface area contributed by atoms with E-state index in [0.717, 1.165) is 18.7 Å². The maximum absolute atomic E-state index is 12.5. The molecule has 0 fully saturated rings. The summed E-state index contributed by atoms with van der Waals surface area (Å²) in [6.07, 6.45) is 6.78. The maximum Gasteiger partial charge on any atom is 0.246 e. The van der Waals surface area contributed by atoms with Gasteiger partial charge in [0.25, 0.3) is 0 Å². The second kappa shape index (κ2) is 17.2. The molecule has 1 unspecified atom stereocenters. The molecule has 0 aliphatic heterocycles. The van der Waals surface area contributed by atoms with Crippen LogP contribution in [0.2, 0.25) is 0 Å². The van der Waals surface area contributed by atoms with Crippen LogP contribution in [-0.2, 0) is 9.59 Å². The van der Waals surface area contributed by atoms with E-state index in [0.29, 0.717) is 48.8 Å². The van der Waals surface area contributed by atoms with Crippen molar-refractivity contribution in [3.8, 4) is 17.9 Å². The van der Waals surface area contributed by atoms with Gasteiger partial charge in [0.05, 0.1) is 30.0 Å². The molecule has 212 valence electrons. The Labute approximate surface area is 236 Å². The lowest BCUT2D eigenvalue weighted by atomic mass is 10.2. The van der Waals surface area contributed by atoms with Crippen LogP contribution in [0.25, 0.3) is 0 Å². The summed E-state index contributed by atoms with van der Waals surface area (Å²) in [4.78, 5) is 36.9. The fourth-order valence-corrected chi connectivity index (χ4v) is 3.35. The zero-order valence-electron chi connectivity index (χ0n) is 23.6. The molecule has 2 amide bonds. The molecule has 11 nitrogen and oxygen atoms in total. The molecular formula is C29H38N8O3. The molecule has 1 heterocycles. The lowest BCUT2D eigenvalue weighted by Crippen LogP contribution is -2.49. The van der Waals surface area contributed by atoms with Crippen LogP contribution < -0.4 is 16.0 Å². The van der Waals surface area contributed by atoms with Gasteiger partial charge < -0.3 is 30.9 Å². The van der Waals surface area contributed by atoms with E-state index < -0.39 is 18.6 Å². The van der Waals surface area contributed by atoms with E-state index in [2.05, 4.69) is 50.8 Å². The van der Waals surface area contributed by atoms with Gasteiger partial charge in [-0.2, -0.15) is 10.2 Å². The van der Waals surface area contributed by atoms with Gasteiger partial charge in [-0.25, -0.2) is 4.98 Å². The van der Waals surface area contributed by atoms with E-state index in [9.17, 15) is 14.7 Å². The lowest BCUT2D eigenvalue weighted by Gasteiger charge is -2.24. The molecule has 1 aromatic heterocycles. The molecule has 1 aromatic carbocycles. The number of carbonyl (C=O) groups excluding carboxylic acids is 2. The van der Waals surface area contributed by atoms with Crippen LogP contribution in [0.1, 0.15) is 37.3 Å². The molecule has 0 saturated carbocycles. The number of nitriles is 1. The average Bonchev–Trinajstić information content (AvgIpc) is 2.94. The Morgan fingerprint density at radius 1 is 1.18 bits per heavy atom. The fraction of sp³-hybridized carbons (Fsp3) is 0.414. The van der Waals surface area contributed by atoms with Crippen molar-refractivity contribution in [3.63, 3.8) is 0 Å². The quantitative estimate of drug-likeness (QED) is 0.159. The monoisotopic (exact) mass is 546 g/mol. The van der Waals surface area contributed by atoms with Gasteiger partial charge in [0, 0.05) is 44.9 Å². The highest BCUT2D eigenvalue weighted by Crippen LogP contribution is 2.18. The number of hydrogen-bond donors (Lipinski definition) is 4. The van der Waals surface area contributed by atoms with Gasteiger partial charge >= 0.3 is 0 Å². The highest BCUT2D eigenvalue weighted by atomic mass is 16.3. The van der Waals surface area contributed by atoms with Gasteiger partial charge in [0.15, 0.2) is 0 Å². The molecule has 0 saturated heterocycles. The number of hydrogen-bond acceptors (Lipinski definition) is 9. The summed E-state index contributed by atoms with van der Waals surface area (Å²) in [5, 5.41) is 27.8. The van der Waals surface area contributed by atoms with Crippen molar-refractivity contribution in [2.24, 2.45) is 0 Å². The number of nitrogens with zero attached hydrogens (tertiary/aromatic N) is 5. The predicted molar refractivity (Wildman–Crippen MR) is 156 cm³/mol. The number of likely N-dealkylation sites (N-methyl/N-ethyl adjacent to an activating group) is 2. The fourth-order valence-electron chi connectivity index (χ4n) is 3.35. The van der Waals surface area contributed by atoms with Crippen molar-refractivity contribution in [2.75, 3.05) is 58.0 Å². The van der Waals surface area contributed by atoms with E-state index in [4.69, 9.17) is 5.26 Å². The number of aliphatic hydroxyl groups excluding tert-OH is 1. The van der Waals surface area contributed by atoms with Crippen LogP contribution in [0.5, 0.6) is 0 Å². The first-order valence-electron chi connectivity index (χ1n) is 13.1. The smallest absolute Gasteiger partial charge is 0.246 e. The van der Waals surface area contributed by atoms with Crippen LogP contribution in [0, 0.1) is 23.2 Å². The standard InChI is InChI=1S/C29H38N8O3/c1-5-16-31-27-23(20-33-29(35-27)34-24-14-12-22(19-30)13-15-24)10-7-6-8-17-32-28(40)25(21-38)37(4)26(39)11-9-18-36(2)3/h9,11-15,20,25,38H,5-6,8,16-18,21H2,1-4H3,(H,32,40)(H2,31,33,34,35)/b11-9+. The first-order valence-corrected chi connectivity index (χ1v) is 13.1. The third kappa shape index (κ3) is 10.7. The second-order valence-electron chi connectivity index (χ2n) is 9.21. The van der Waals surface area contributed by atoms with Crippen LogP contribution >= 0.6 is 0 Å². The highest BCUT2D eigenvalue weighted by Gasteiger charge is 2.24. The molecule has 0 aliphatic rings. The number of rotatable bonds is 14. The largest absolute Gasteiger partial charge is 0.394 e. The normalized spacial score (nSPS) is 11.3. The van der Waals surface area contributed by atoms with Gasteiger partial charge in [-0.1, -0.05) is 24.8 Å². The zero-order valence-corrected chi connectivity index (χ0v) is 23.6. The molecule has 0 aliphatic carbocycles. The number of anilines is 3. The minimum atomic E-state index is -0.969. The molecule has 11 heteroatoms. The number of amides is 2. The summed E-state index contributed by atoms with van der Waals surface area (Å²) in [6.45, 7) is 3.26. The van der Waals surface area contributed by atoms with Crippen molar-refractivity contribution in [2.45, 2.75) is 32.2 Å². The molecule has 2 rings (SSSR count). The number of nitrogens with one attached hydrogen (secondary N) is 3. The maximum atomic E-state index is 12.5. The topological polar surface area (TPSA) is 147 Å². The Kier molecular flexibility index (Phi) is 13.7. The van der Waals surface area contributed by atoms with Gasteiger partial charge in [-0.15, -0.1) is 0 Å². The highest BCUT2D eigenvalue weighted by molar-refractivity contribution is 5.92. The van der Waals surface area contributed by atoms with Crippen molar-refractivity contribution in [3.05, 3.63) is 53.7 Å². The first kappa shape index (κ1) is 31.8. The van der Waals surface area contributed by atoms with Crippen molar-refractivity contribution < 1.29 is 14.7 Å². The SMILES string of the molecule is CCCNc1nc(Nc2ccc(C#N)cc2)ncc1C#CCCCNC(=O)C(CO)N(C)C(=O)/C=C/CN(C)C. The van der Waals surface area contributed by atoms with E-state index in [1.54, 1.807) is 36.5 Å². The minimum Gasteiger partial charge on any atom is -0.394 e. The Morgan fingerprint density at radius 2 is 1.93 bits per heavy atom. The third-order valence-electron chi connectivity index (χ3n) is 5.62. The predicted octanol–water partition coefficient (Wildman–Crippen LogP) is 2.10. The van der Waals surface area contributed by atoms with Crippen molar-refractivity contribution in [1.82, 2.24) is 25.1 Å². The zero-order chi connectivity index (χ0) is 29.3. The summed E-state index contributed by atoms with van der Waals surface area (Å²) in [7, 11) is 5.26. The Balaban J connectivity index is 1.91. The second-order valence-corrected chi connectivity index (χ2v) is 9.21. The van der Waals surface area contributed by atoms with Gasteiger partial charge in [-0.3, -0.25) is 9.59 Å². The van der Waals surface area contributed by atoms with E-state index in [-0.39, 0.29) is 5.91 Å². The Bertz CT molecular complexity index is 1240. The summed E-state index contributed by atoms with van der Waals surface area (Å²) >= 11 is 0. The van der Waals surface area contributed by atoms with E-state index in [1.165, 1.54) is 18.0 Å². The summed E-state index contributed by atoms with van der Waals surface area (Å²) in [5.41, 5.74) is 1.99. The van der Waals surface area contributed by atoms with Crippen LogP contribution in [0.3, 0.4) is 0 Å². The first-order chi connectivity index (χ1) is 19.3. The summed E-state index contributed by atoms with van der Waals surface area (Å²) < 4.78 is 0. The Morgan fingerprint density at radius 3 is 2.58 bits per heavy atom. The van der Waals surface area contributed by atoms with Crippen LogP contribution in [0.15, 0.2) is 42.6 Å². The summed E-state index contributed by atoms with van der Waals surface area (Å²) in [6, 6.07) is 8.13. The van der Waals surface area contributed by atoms with E-state index >= 15 is 0 Å². The molecule has 0 spiro atoms. The molecule has 1 atom stereocenters. The van der Waals surface area contributed by atoms with Gasteiger partial charge in [-0.05, 0) is 51.2 Å². The van der Waals surface area contributed by atoms with Gasteiger partial charge in [0.1, 0.15) is 11.9 Å². The van der Waals surface area contributed by atoms with Crippen molar-refractivity contribution in [1.29, 1.82) is 5.26 Å². The number of aromatic nitrogens is 2. The van der Waals surface area contributed by atoms with Crippen molar-refractivity contribution >= 4 is 29.3 Å². The van der Waals surface area contributed by atoms with Crippen LogP contribution in [-0.4, -0.2) is 90.1 Å². The average molecular weight is 547 g/mol. The number of benzene rings is 1. The number of aliphatic hydroxyl groups is 1. The minimum absolute atomic E-state index is 0.352. The molecular weight excluding hydrogens is 508 g/mol. The lowest BCUT2D eigenvalue weighted by molar-refractivity contribution is -0.137. The number of carbonyl (C=O) groups is 2. The number of unbranched alkanes of at least 4 members (excludes halogenated alkanes) is 1. The summed E-state index contributed by atoms with van der Waals surface area (Å²) in [5.74, 6) is 6.44. The Hall–Kier alpha value is -4.45. The van der Waals surface area contributed by atoms with E-state index in [1.807, 2.05) is 19.0 Å². The molecule has 4 N–H and O–H groups in total. The molecule has 0 radical (unpaired) electrons. The third-order valence-corrected chi connectivity index (χ3v) is 5.62. The molecule has 40 heavy (non-hydrogen) atoms. The molecule has 0 bridgehead atoms. The van der Waals surface area contributed by atoms with Gasteiger partial charge in [0.2, 0.25) is 17.8 Å². The van der Waals surface area contributed by atoms with Crippen LogP contribution in [0.4, 0.5) is 17.5 Å².